The minimum Gasteiger partial charge on any atom is -0.494 e. The first kappa shape index (κ1) is 22.5. The van der Waals surface area contributed by atoms with Crippen molar-refractivity contribution in [2.75, 3.05) is 6.61 Å². The van der Waals surface area contributed by atoms with E-state index in [9.17, 15) is 8.42 Å². The molecule has 0 aliphatic rings. The average molecular weight is 553 g/mol. The molecule has 0 amide bonds. The van der Waals surface area contributed by atoms with E-state index in [1.807, 2.05) is 38.1 Å². The predicted molar refractivity (Wildman–Crippen MR) is 126 cm³/mol. The first-order valence-corrected chi connectivity index (χ1v) is 12.0. The molecule has 0 bridgehead atoms. The number of aliphatic imine (C=N–C) groups is 1. The second-order valence-electron chi connectivity index (χ2n) is 6.35. The fraction of sp³-hybridized carbons (Fsp3) is 0.136. The Morgan fingerprint density at radius 2 is 1.57 bits per heavy atom. The number of benzene rings is 3. The quantitative estimate of drug-likeness (QED) is 0.250. The van der Waals surface area contributed by atoms with Gasteiger partial charge in [0.15, 0.2) is 5.75 Å². The molecular weight excluding hydrogens is 534 g/mol. The summed E-state index contributed by atoms with van der Waals surface area (Å²) in [6.45, 7) is 4.43. The highest BCUT2D eigenvalue weighted by atomic mass is 79.9. The van der Waals surface area contributed by atoms with Gasteiger partial charge < -0.3 is 8.92 Å². The van der Waals surface area contributed by atoms with E-state index in [-0.39, 0.29) is 10.6 Å². The fourth-order valence-electron chi connectivity index (χ4n) is 2.54. The molecule has 0 atom stereocenters. The maximum Gasteiger partial charge on any atom is 0.339 e. The minimum atomic E-state index is -3.96. The number of rotatable bonds is 7. The van der Waals surface area contributed by atoms with Gasteiger partial charge in [-0.15, -0.1) is 0 Å². The Hall–Kier alpha value is -2.16. The van der Waals surface area contributed by atoms with Gasteiger partial charge in [-0.1, -0.05) is 17.7 Å². The van der Waals surface area contributed by atoms with Crippen molar-refractivity contribution in [2.45, 2.75) is 18.7 Å². The van der Waals surface area contributed by atoms with Crippen molar-refractivity contribution in [3.63, 3.8) is 0 Å². The van der Waals surface area contributed by atoms with Gasteiger partial charge in [-0.3, -0.25) is 4.99 Å². The molecule has 0 aliphatic heterocycles. The van der Waals surface area contributed by atoms with E-state index in [1.165, 1.54) is 12.1 Å². The lowest BCUT2D eigenvalue weighted by molar-refractivity contribution is 0.340. The third-order valence-electron chi connectivity index (χ3n) is 4.03. The summed E-state index contributed by atoms with van der Waals surface area (Å²) in [4.78, 5) is 4.53. The van der Waals surface area contributed by atoms with Gasteiger partial charge in [0.1, 0.15) is 10.6 Å². The molecule has 0 saturated heterocycles. The van der Waals surface area contributed by atoms with E-state index < -0.39 is 10.1 Å². The van der Waals surface area contributed by atoms with Gasteiger partial charge in [-0.25, -0.2) is 0 Å². The van der Waals surface area contributed by atoms with E-state index in [4.69, 9.17) is 8.92 Å². The fourth-order valence-corrected chi connectivity index (χ4v) is 5.10. The number of halogens is 2. The van der Waals surface area contributed by atoms with Crippen LogP contribution in [0, 0.1) is 6.92 Å². The van der Waals surface area contributed by atoms with Crippen molar-refractivity contribution in [1.82, 2.24) is 0 Å². The van der Waals surface area contributed by atoms with Crippen molar-refractivity contribution < 1.29 is 17.3 Å². The molecule has 0 spiro atoms. The van der Waals surface area contributed by atoms with Crippen LogP contribution in [0.4, 0.5) is 5.69 Å². The molecule has 156 valence electrons. The molecule has 0 radical (unpaired) electrons. The monoisotopic (exact) mass is 551 g/mol. The normalized spacial score (nSPS) is 11.6. The molecule has 0 heterocycles. The molecule has 30 heavy (non-hydrogen) atoms. The molecule has 0 fully saturated rings. The molecule has 0 unspecified atom stereocenters. The summed E-state index contributed by atoms with van der Waals surface area (Å²) >= 11 is 6.78. The summed E-state index contributed by atoms with van der Waals surface area (Å²) in [6.07, 6.45) is 1.68. The molecule has 3 aromatic rings. The van der Waals surface area contributed by atoms with Crippen LogP contribution in [0.2, 0.25) is 0 Å². The molecule has 0 aromatic heterocycles. The zero-order chi connectivity index (χ0) is 21.7. The third kappa shape index (κ3) is 5.71. The van der Waals surface area contributed by atoms with Crippen molar-refractivity contribution in [3.05, 3.63) is 80.7 Å². The second kappa shape index (κ2) is 9.76. The highest BCUT2D eigenvalue weighted by molar-refractivity contribution is 9.11. The van der Waals surface area contributed by atoms with Crippen molar-refractivity contribution >= 4 is 53.9 Å². The minimum absolute atomic E-state index is 0.0908. The van der Waals surface area contributed by atoms with Gasteiger partial charge in [0, 0.05) is 6.21 Å². The Bertz CT molecular complexity index is 1140. The van der Waals surface area contributed by atoms with Crippen LogP contribution in [0.25, 0.3) is 0 Å². The van der Waals surface area contributed by atoms with Crippen LogP contribution < -0.4 is 8.92 Å². The number of ether oxygens (including phenoxy) is 1. The highest BCUT2D eigenvalue weighted by Gasteiger charge is 2.20. The third-order valence-corrected chi connectivity index (χ3v) is 6.45. The SMILES string of the molecule is CCOc1ccc(N=Cc2cc(Br)c(OS(=O)(=O)c3ccc(C)cc3)c(Br)c2)cc1. The van der Waals surface area contributed by atoms with Crippen LogP contribution in [-0.4, -0.2) is 21.2 Å². The summed E-state index contributed by atoms with van der Waals surface area (Å²) in [6, 6.07) is 17.4. The Balaban J connectivity index is 1.80. The number of nitrogens with zero attached hydrogens (tertiary/aromatic N) is 1. The van der Waals surface area contributed by atoms with Gasteiger partial charge in [0.2, 0.25) is 0 Å². The lowest BCUT2D eigenvalue weighted by Crippen LogP contribution is -2.10. The predicted octanol–water partition coefficient (Wildman–Crippen LogP) is 6.44. The van der Waals surface area contributed by atoms with E-state index in [0.717, 1.165) is 22.6 Å². The van der Waals surface area contributed by atoms with E-state index >= 15 is 0 Å². The highest BCUT2D eigenvalue weighted by Crippen LogP contribution is 2.36. The van der Waals surface area contributed by atoms with Crippen LogP contribution in [0.15, 0.2) is 79.5 Å². The van der Waals surface area contributed by atoms with Gasteiger partial charge in [0.25, 0.3) is 0 Å². The van der Waals surface area contributed by atoms with Crippen LogP contribution in [-0.2, 0) is 10.1 Å². The first-order chi connectivity index (χ1) is 14.3. The Morgan fingerprint density at radius 3 is 2.13 bits per heavy atom. The number of hydrogen-bond donors (Lipinski definition) is 0. The van der Waals surface area contributed by atoms with Crippen molar-refractivity contribution in [3.8, 4) is 11.5 Å². The largest absolute Gasteiger partial charge is 0.494 e. The topological polar surface area (TPSA) is 65.0 Å². The molecule has 0 N–H and O–H groups in total. The van der Waals surface area contributed by atoms with Gasteiger partial charge in [0.05, 0.1) is 21.2 Å². The van der Waals surface area contributed by atoms with E-state index in [2.05, 4.69) is 36.9 Å². The summed E-state index contributed by atoms with van der Waals surface area (Å²) in [5.74, 6) is 0.965. The van der Waals surface area contributed by atoms with Gasteiger partial charge in [-0.05, 0) is 99.8 Å². The molecule has 3 aromatic carbocycles. The van der Waals surface area contributed by atoms with E-state index in [0.29, 0.717) is 15.6 Å². The zero-order valence-corrected chi connectivity index (χ0v) is 20.3. The van der Waals surface area contributed by atoms with Gasteiger partial charge >= 0.3 is 10.1 Å². The molecule has 3 rings (SSSR count). The zero-order valence-electron chi connectivity index (χ0n) is 16.3. The smallest absolute Gasteiger partial charge is 0.339 e. The summed E-state index contributed by atoms with van der Waals surface area (Å²) in [7, 11) is -3.96. The van der Waals surface area contributed by atoms with Crippen LogP contribution >= 0.6 is 31.9 Å². The Morgan fingerprint density at radius 1 is 0.967 bits per heavy atom. The average Bonchev–Trinajstić information content (AvgIpc) is 2.71. The van der Waals surface area contributed by atoms with Crippen molar-refractivity contribution in [1.29, 1.82) is 0 Å². The lowest BCUT2D eigenvalue weighted by Gasteiger charge is -2.11. The molecule has 5 nitrogen and oxygen atoms in total. The molecule has 0 saturated carbocycles. The van der Waals surface area contributed by atoms with Gasteiger partial charge in [-0.2, -0.15) is 8.42 Å². The number of aryl methyl sites for hydroxylation is 1. The maximum atomic E-state index is 12.6. The summed E-state index contributed by atoms with van der Waals surface area (Å²) < 4.78 is 36.9. The van der Waals surface area contributed by atoms with Crippen LogP contribution in [0.5, 0.6) is 11.5 Å². The second-order valence-corrected chi connectivity index (χ2v) is 9.60. The summed E-state index contributed by atoms with van der Waals surface area (Å²) in [5.41, 5.74) is 2.50. The van der Waals surface area contributed by atoms with Crippen LogP contribution in [0.3, 0.4) is 0 Å². The Labute approximate surface area is 193 Å². The first-order valence-electron chi connectivity index (χ1n) is 9.05. The maximum absolute atomic E-state index is 12.6. The standard InChI is InChI=1S/C22H19Br2NO4S/c1-3-28-18-8-6-17(7-9-18)25-14-16-12-20(23)22(21(24)13-16)29-30(26,27)19-10-4-15(2)5-11-19/h4-14H,3H2,1-2H3. The van der Waals surface area contributed by atoms with Crippen molar-refractivity contribution in [2.24, 2.45) is 4.99 Å². The molecule has 0 aliphatic carbocycles. The molecular formula is C22H19Br2NO4S. The molecule has 8 heteroatoms. The lowest BCUT2D eigenvalue weighted by atomic mass is 10.2. The Kier molecular flexibility index (Phi) is 7.33. The van der Waals surface area contributed by atoms with Crippen LogP contribution in [0.1, 0.15) is 18.1 Å². The number of hydrogen-bond acceptors (Lipinski definition) is 5. The summed E-state index contributed by atoms with van der Waals surface area (Å²) in [5, 5.41) is 0. The van der Waals surface area contributed by atoms with E-state index in [1.54, 1.807) is 30.5 Å².